The lowest BCUT2D eigenvalue weighted by Gasteiger charge is -2.33. The second kappa shape index (κ2) is 7.86. The molecule has 0 spiro atoms. The van der Waals surface area contributed by atoms with Crippen LogP contribution in [0, 0.1) is 5.92 Å². The Morgan fingerprint density at radius 2 is 1.76 bits per heavy atom. The minimum absolute atomic E-state index is 0.124. The predicted molar refractivity (Wildman–Crippen MR) is 109 cm³/mol. The highest BCUT2D eigenvalue weighted by Gasteiger charge is 2.22. The fraction of sp³-hybridized carbons (Fsp3) is 0.350. The lowest BCUT2D eigenvalue weighted by Crippen LogP contribution is -2.40. The number of aromatic amines is 1. The van der Waals surface area contributed by atoms with Gasteiger partial charge < -0.3 is 4.90 Å². The molecule has 0 aromatic carbocycles. The third kappa shape index (κ3) is 4.03. The number of hydrogen-bond acceptors (Lipinski definition) is 6. The summed E-state index contributed by atoms with van der Waals surface area (Å²) in [6.07, 6.45) is 5.07. The fourth-order valence-electron chi connectivity index (χ4n) is 3.57. The largest absolute Gasteiger partial charge is 0.358 e. The van der Waals surface area contributed by atoms with Crippen LogP contribution in [0.4, 0.5) is 5.82 Å². The summed E-state index contributed by atoms with van der Waals surface area (Å²) >= 11 is 0. The molecular weight excluding hydrogens is 372 g/mol. The molecule has 4 heterocycles. The standard InChI is InChI=1S/C20H22N6O3/c1-24-19(28)12-17(22-20(24)29)25-10-6-14(7-11-25)13-26-18(27)3-2-16(23-26)15-4-8-21-9-5-15/h2-5,8-9,12,14H,6-7,10-11,13H2,1H3,(H,22,29). The molecule has 0 amide bonds. The van der Waals surface area contributed by atoms with E-state index in [1.807, 2.05) is 17.0 Å². The number of anilines is 1. The molecule has 150 valence electrons. The van der Waals surface area contributed by atoms with Gasteiger partial charge in [0.05, 0.1) is 5.69 Å². The number of piperidine rings is 1. The van der Waals surface area contributed by atoms with Gasteiger partial charge in [-0.25, -0.2) is 9.48 Å². The Morgan fingerprint density at radius 3 is 2.45 bits per heavy atom. The Balaban J connectivity index is 1.46. The molecular formula is C20H22N6O3. The Bertz CT molecular complexity index is 1140. The summed E-state index contributed by atoms with van der Waals surface area (Å²) in [6, 6.07) is 8.44. The van der Waals surface area contributed by atoms with Crippen LogP contribution in [0.5, 0.6) is 0 Å². The van der Waals surface area contributed by atoms with Gasteiger partial charge in [0.15, 0.2) is 0 Å². The van der Waals surface area contributed by atoms with Gasteiger partial charge in [0.25, 0.3) is 11.1 Å². The average molecular weight is 394 g/mol. The molecule has 1 aliphatic heterocycles. The first-order chi connectivity index (χ1) is 14.0. The van der Waals surface area contributed by atoms with Crippen molar-refractivity contribution in [2.75, 3.05) is 18.0 Å². The molecule has 1 saturated heterocycles. The zero-order valence-electron chi connectivity index (χ0n) is 16.1. The van der Waals surface area contributed by atoms with Gasteiger partial charge in [-0.1, -0.05) is 0 Å². The van der Waals surface area contributed by atoms with Crippen molar-refractivity contribution in [1.29, 1.82) is 0 Å². The summed E-state index contributed by atoms with van der Waals surface area (Å²) in [6.45, 7) is 1.94. The van der Waals surface area contributed by atoms with E-state index in [4.69, 9.17) is 0 Å². The van der Waals surface area contributed by atoms with Gasteiger partial charge in [0.1, 0.15) is 5.82 Å². The van der Waals surface area contributed by atoms with Crippen LogP contribution >= 0.6 is 0 Å². The molecule has 0 saturated carbocycles. The number of aromatic nitrogens is 5. The van der Waals surface area contributed by atoms with Crippen LogP contribution < -0.4 is 21.7 Å². The van der Waals surface area contributed by atoms with E-state index in [0.29, 0.717) is 31.4 Å². The summed E-state index contributed by atoms with van der Waals surface area (Å²) in [4.78, 5) is 44.7. The quantitative estimate of drug-likeness (QED) is 0.695. The Kier molecular flexibility index (Phi) is 5.11. The Labute approximate surface area is 166 Å². The van der Waals surface area contributed by atoms with Crippen LogP contribution in [0.1, 0.15) is 12.8 Å². The van der Waals surface area contributed by atoms with Crippen LogP contribution in [-0.2, 0) is 13.6 Å². The summed E-state index contributed by atoms with van der Waals surface area (Å²) in [5.41, 5.74) is 0.786. The minimum atomic E-state index is -0.418. The van der Waals surface area contributed by atoms with Crippen molar-refractivity contribution in [2.24, 2.45) is 13.0 Å². The maximum absolute atomic E-state index is 12.3. The van der Waals surface area contributed by atoms with E-state index in [1.165, 1.54) is 17.8 Å². The van der Waals surface area contributed by atoms with Crippen LogP contribution in [0.25, 0.3) is 11.3 Å². The van der Waals surface area contributed by atoms with Gasteiger partial charge in [-0.15, -0.1) is 0 Å². The topological polar surface area (TPSA) is 106 Å². The van der Waals surface area contributed by atoms with Crippen LogP contribution in [-0.4, -0.2) is 37.4 Å². The number of nitrogens with one attached hydrogen (secondary N) is 1. The van der Waals surface area contributed by atoms with Crippen molar-refractivity contribution >= 4 is 5.82 Å². The molecule has 0 unspecified atom stereocenters. The molecule has 1 N–H and O–H groups in total. The lowest BCUT2D eigenvalue weighted by molar-refractivity contribution is 0.335. The molecule has 0 aliphatic carbocycles. The van der Waals surface area contributed by atoms with E-state index < -0.39 is 5.69 Å². The maximum atomic E-state index is 12.3. The maximum Gasteiger partial charge on any atom is 0.329 e. The lowest BCUT2D eigenvalue weighted by atomic mass is 9.97. The average Bonchev–Trinajstić information content (AvgIpc) is 2.74. The third-order valence-electron chi connectivity index (χ3n) is 5.36. The van der Waals surface area contributed by atoms with E-state index >= 15 is 0 Å². The van der Waals surface area contributed by atoms with E-state index in [0.717, 1.165) is 28.7 Å². The van der Waals surface area contributed by atoms with E-state index in [2.05, 4.69) is 15.1 Å². The number of nitrogens with zero attached hydrogens (tertiary/aromatic N) is 5. The molecule has 0 atom stereocenters. The summed E-state index contributed by atoms with van der Waals surface area (Å²) < 4.78 is 2.57. The number of pyridine rings is 1. The van der Waals surface area contributed by atoms with Gasteiger partial charge in [-0.3, -0.25) is 24.1 Å². The Morgan fingerprint density at radius 1 is 1.03 bits per heavy atom. The normalized spacial score (nSPS) is 14.9. The third-order valence-corrected chi connectivity index (χ3v) is 5.36. The first kappa shape index (κ1) is 18.9. The van der Waals surface area contributed by atoms with Gasteiger partial charge in [0, 0.05) is 56.8 Å². The summed E-state index contributed by atoms with van der Waals surface area (Å²) in [7, 11) is 1.45. The van der Waals surface area contributed by atoms with Crippen molar-refractivity contribution in [2.45, 2.75) is 19.4 Å². The molecule has 3 aromatic rings. The number of hydrogen-bond donors (Lipinski definition) is 1. The molecule has 4 rings (SSSR count). The van der Waals surface area contributed by atoms with Gasteiger partial charge >= 0.3 is 5.69 Å². The zero-order chi connectivity index (χ0) is 20.4. The van der Waals surface area contributed by atoms with Crippen molar-refractivity contribution in [3.8, 4) is 11.3 Å². The second-order valence-corrected chi connectivity index (χ2v) is 7.26. The fourth-order valence-corrected chi connectivity index (χ4v) is 3.57. The zero-order valence-corrected chi connectivity index (χ0v) is 16.1. The first-order valence-corrected chi connectivity index (χ1v) is 9.55. The van der Waals surface area contributed by atoms with Crippen molar-refractivity contribution < 1.29 is 0 Å². The number of H-pyrrole nitrogens is 1. The second-order valence-electron chi connectivity index (χ2n) is 7.26. The van der Waals surface area contributed by atoms with E-state index in [9.17, 15) is 14.4 Å². The molecule has 1 fully saturated rings. The minimum Gasteiger partial charge on any atom is -0.358 e. The van der Waals surface area contributed by atoms with Crippen LogP contribution in [0.3, 0.4) is 0 Å². The van der Waals surface area contributed by atoms with Gasteiger partial charge in [-0.05, 0) is 37.0 Å². The molecule has 3 aromatic heterocycles. The van der Waals surface area contributed by atoms with Crippen molar-refractivity contribution in [3.63, 3.8) is 0 Å². The highest BCUT2D eigenvalue weighted by Crippen LogP contribution is 2.22. The monoisotopic (exact) mass is 394 g/mol. The highest BCUT2D eigenvalue weighted by molar-refractivity contribution is 5.57. The molecule has 1 aliphatic rings. The molecule has 0 bridgehead atoms. The predicted octanol–water partition coefficient (Wildman–Crippen LogP) is 0.609. The first-order valence-electron chi connectivity index (χ1n) is 9.55. The highest BCUT2D eigenvalue weighted by atomic mass is 16.2. The van der Waals surface area contributed by atoms with Gasteiger partial charge in [0.2, 0.25) is 0 Å². The SMILES string of the molecule is Cn1c(=O)cc(N2CCC(Cn3nc(-c4ccncc4)ccc3=O)CC2)[nH]c1=O. The summed E-state index contributed by atoms with van der Waals surface area (Å²) in [5.74, 6) is 0.842. The molecule has 29 heavy (non-hydrogen) atoms. The van der Waals surface area contributed by atoms with Gasteiger partial charge in [-0.2, -0.15) is 5.10 Å². The molecule has 0 radical (unpaired) electrons. The Hall–Kier alpha value is -3.49. The van der Waals surface area contributed by atoms with E-state index in [1.54, 1.807) is 24.5 Å². The van der Waals surface area contributed by atoms with Crippen LogP contribution in [0.15, 0.2) is 57.1 Å². The number of rotatable bonds is 4. The van der Waals surface area contributed by atoms with E-state index in [-0.39, 0.29) is 11.1 Å². The summed E-state index contributed by atoms with van der Waals surface area (Å²) in [5, 5.41) is 4.52. The molecule has 9 nitrogen and oxygen atoms in total. The smallest absolute Gasteiger partial charge is 0.329 e. The van der Waals surface area contributed by atoms with Crippen molar-refractivity contribution in [1.82, 2.24) is 24.3 Å². The molecule has 9 heteroatoms. The van der Waals surface area contributed by atoms with Crippen LogP contribution in [0.2, 0.25) is 0 Å². The van der Waals surface area contributed by atoms with Crippen molar-refractivity contribution in [3.05, 3.63) is 73.9 Å².